The van der Waals surface area contributed by atoms with Gasteiger partial charge in [0.1, 0.15) is 6.07 Å². The van der Waals surface area contributed by atoms with Gasteiger partial charge in [0.15, 0.2) is 16.6 Å². The van der Waals surface area contributed by atoms with Crippen molar-refractivity contribution < 1.29 is 14.3 Å². The number of hydroxylamine groups is 1. The predicted molar refractivity (Wildman–Crippen MR) is 64.2 cm³/mol. The first-order valence-electron chi connectivity index (χ1n) is 5.24. The van der Waals surface area contributed by atoms with Crippen molar-refractivity contribution in [3.05, 3.63) is 23.0 Å². The number of hydrogen-bond donors (Lipinski definition) is 2. The van der Waals surface area contributed by atoms with Gasteiger partial charge in [0.05, 0.1) is 16.8 Å². The summed E-state index contributed by atoms with van der Waals surface area (Å²) >= 11 is 1.19. The summed E-state index contributed by atoms with van der Waals surface area (Å²) in [6, 6.07) is 4.72. The Kier molecular flexibility index (Phi) is 4.04. The molecule has 0 atom stereocenters. The average molecular weight is 267 g/mol. The molecular weight excluding hydrogens is 257 g/mol. The van der Waals surface area contributed by atoms with Crippen LogP contribution in [0, 0.1) is 17.1 Å². The number of hydrogen-bond acceptors (Lipinski definition) is 6. The summed E-state index contributed by atoms with van der Waals surface area (Å²) in [7, 11) is 0. The molecule has 1 aromatic carbocycles. The number of halogens is 1. The minimum absolute atomic E-state index is 0.133. The summed E-state index contributed by atoms with van der Waals surface area (Å²) < 4.78 is 19.6. The maximum Gasteiger partial charge on any atom is 0.195 e. The molecule has 0 aliphatic heterocycles. The summed E-state index contributed by atoms with van der Waals surface area (Å²) in [4.78, 5) is 3.96. The van der Waals surface area contributed by atoms with Crippen LogP contribution in [-0.2, 0) is 0 Å². The molecule has 0 fully saturated rings. The van der Waals surface area contributed by atoms with Crippen LogP contribution in [0.3, 0.4) is 0 Å². The lowest BCUT2D eigenvalue weighted by molar-refractivity contribution is 0.157. The van der Waals surface area contributed by atoms with Crippen LogP contribution in [0.25, 0.3) is 10.2 Å². The van der Waals surface area contributed by atoms with Crippen molar-refractivity contribution in [3.8, 4) is 11.8 Å². The largest absolute Gasteiger partial charge is 0.490 e. The van der Waals surface area contributed by atoms with Crippen LogP contribution >= 0.6 is 11.3 Å². The fourth-order valence-electron chi connectivity index (χ4n) is 1.42. The molecule has 0 aliphatic rings. The van der Waals surface area contributed by atoms with Crippen molar-refractivity contribution in [2.45, 2.75) is 6.42 Å². The van der Waals surface area contributed by atoms with Gasteiger partial charge in [-0.15, -0.1) is 11.3 Å². The van der Waals surface area contributed by atoms with Crippen LogP contribution in [0.5, 0.6) is 5.75 Å². The van der Waals surface area contributed by atoms with Crippen LogP contribution in [0.2, 0.25) is 0 Å². The molecule has 0 saturated carbocycles. The lowest BCUT2D eigenvalue weighted by atomic mass is 10.3. The van der Waals surface area contributed by atoms with E-state index in [4.69, 9.17) is 15.2 Å². The molecule has 18 heavy (non-hydrogen) atoms. The van der Waals surface area contributed by atoms with Crippen molar-refractivity contribution in [3.63, 3.8) is 0 Å². The number of rotatable bonds is 5. The van der Waals surface area contributed by atoms with Crippen molar-refractivity contribution >= 4 is 21.6 Å². The van der Waals surface area contributed by atoms with Crippen molar-refractivity contribution in [2.75, 3.05) is 13.2 Å². The molecule has 7 heteroatoms. The predicted octanol–water partition coefficient (Wildman–Crippen LogP) is 2.05. The third-order valence-corrected chi connectivity index (χ3v) is 3.15. The standard InChI is InChI=1S/C11H10FN3O2S/c12-7-4-8-10(18-11(6-13)15-8)5-9(7)17-3-1-2-14-16/h4-5,14,16H,1-3H2. The average Bonchev–Trinajstić information content (AvgIpc) is 2.76. The molecular formula is C11H10FN3O2S. The third kappa shape index (κ3) is 2.73. The SMILES string of the molecule is N#Cc1nc2cc(F)c(OCCCNO)cc2s1. The Morgan fingerprint density at radius 3 is 3.11 bits per heavy atom. The molecule has 0 unspecified atom stereocenters. The molecule has 0 aliphatic carbocycles. The van der Waals surface area contributed by atoms with Gasteiger partial charge in [0, 0.05) is 18.7 Å². The second-order valence-electron chi connectivity index (χ2n) is 3.49. The van der Waals surface area contributed by atoms with Crippen LogP contribution < -0.4 is 10.2 Å². The monoisotopic (exact) mass is 267 g/mol. The van der Waals surface area contributed by atoms with Gasteiger partial charge in [0.2, 0.25) is 0 Å². The first kappa shape index (κ1) is 12.7. The topological polar surface area (TPSA) is 78.2 Å². The number of fused-ring (bicyclic) bond motifs is 1. The fraction of sp³-hybridized carbons (Fsp3) is 0.273. The molecule has 0 amide bonds. The van der Waals surface area contributed by atoms with Gasteiger partial charge >= 0.3 is 0 Å². The van der Waals surface area contributed by atoms with E-state index in [0.29, 0.717) is 34.8 Å². The van der Waals surface area contributed by atoms with Gasteiger partial charge in [-0.05, 0) is 6.42 Å². The Morgan fingerprint density at radius 2 is 2.39 bits per heavy atom. The number of ether oxygens (including phenoxy) is 1. The van der Waals surface area contributed by atoms with Gasteiger partial charge < -0.3 is 9.94 Å². The van der Waals surface area contributed by atoms with Gasteiger partial charge in [-0.2, -0.15) is 5.26 Å². The smallest absolute Gasteiger partial charge is 0.195 e. The number of benzene rings is 1. The van der Waals surface area contributed by atoms with E-state index < -0.39 is 5.82 Å². The van der Waals surface area contributed by atoms with Gasteiger partial charge in [-0.25, -0.2) is 14.9 Å². The van der Waals surface area contributed by atoms with Crippen LogP contribution in [-0.4, -0.2) is 23.3 Å². The molecule has 5 nitrogen and oxygen atoms in total. The first-order chi connectivity index (χ1) is 8.74. The molecule has 1 aromatic heterocycles. The number of nitrogens with one attached hydrogen (secondary N) is 1. The Hall–Kier alpha value is -1.75. The van der Waals surface area contributed by atoms with E-state index in [-0.39, 0.29) is 5.75 Å². The normalized spacial score (nSPS) is 10.5. The molecule has 2 N–H and O–H groups in total. The van der Waals surface area contributed by atoms with Crippen molar-refractivity contribution in [1.29, 1.82) is 5.26 Å². The number of aromatic nitrogens is 1. The molecule has 0 spiro atoms. The zero-order valence-electron chi connectivity index (χ0n) is 9.31. The van der Waals surface area contributed by atoms with Gasteiger partial charge in [0.25, 0.3) is 0 Å². The zero-order chi connectivity index (χ0) is 13.0. The maximum atomic E-state index is 13.6. The van der Waals surface area contributed by atoms with E-state index in [0.717, 1.165) is 0 Å². The quantitative estimate of drug-likeness (QED) is 0.640. The Balaban J connectivity index is 2.18. The van der Waals surface area contributed by atoms with Gasteiger partial charge in [-0.3, -0.25) is 0 Å². The summed E-state index contributed by atoms with van der Waals surface area (Å²) in [5.74, 6) is -0.372. The highest BCUT2D eigenvalue weighted by Crippen LogP contribution is 2.28. The molecule has 0 saturated heterocycles. The highest BCUT2D eigenvalue weighted by molar-refractivity contribution is 7.19. The zero-order valence-corrected chi connectivity index (χ0v) is 10.1. The molecule has 2 aromatic rings. The summed E-state index contributed by atoms with van der Waals surface area (Å²) in [5.41, 5.74) is 2.45. The van der Waals surface area contributed by atoms with Crippen molar-refractivity contribution in [1.82, 2.24) is 10.5 Å². The van der Waals surface area contributed by atoms with Crippen LogP contribution in [0.1, 0.15) is 11.4 Å². The van der Waals surface area contributed by atoms with Gasteiger partial charge in [-0.1, -0.05) is 0 Å². The number of nitrogens with zero attached hydrogens (tertiary/aromatic N) is 2. The second kappa shape index (κ2) is 5.73. The first-order valence-corrected chi connectivity index (χ1v) is 6.06. The summed E-state index contributed by atoms with van der Waals surface area (Å²) in [6.07, 6.45) is 0.556. The molecule has 1 heterocycles. The third-order valence-electron chi connectivity index (χ3n) is 2.23. The summed E-state index contributed by atoms with van der Waals surface area (Å²) in [6.45, 7) is 0.670. The van der Waals surface area contributed by atoms with Crippen molar-refractivity contribution in [2.24, 2.45) is 0 Å². The van der Waals surface area contributed by atoms with E-state index in [1.165, 1.54) is 23.5 Å². The van der Waals surface area contributed by atoms with E-state index in [1.807, 2.05) is 11.5 Å². The Bertz CT molecular complexity index is 594. The number of nitriles is 1. The Morgan fingerprint density at radius 1 is 1.56 bits per heavy atom. The summed E-state index contributed by atoms with van der Waals surface area (Å²) in [5, 5.41) is 17.4. The lowest BCUT2D eigenvalue weighted by Crippen LogP contribution is -2.12. The highest BCUT2D eigenvalue weighted by atomic mass is 32.1. The molecule has 0 radical (unpaired) electrons. The molecule has 94 valence electrons. The molecule has 0 bridgehead atoms. The molecule has 2 rings (SSSR count). The second-order valence-corrected chi connectivity index (χ2v) is 4.52. The van der Waals surface area contributed by atoms with E-state index >= 15 is 0 Å². The highest BCUT2D eigenvalue weighted by Gasteiger charge is 2.10. The van der Waals surface area contributed by atoms with Crippen LogP contribution in [0.4, 0.5) is 4.39 Å². The van der Waals surface area contributed by atoms with Crippen LogP contribution in [0.15, 0.2) is 12.1 Å². The minimum Gasteiger partial charge on any atom is -0.490 e. The fourth-order valence-corrected chi connectivity index (χ4v) is 2.19. The van der Waals surface area contributed by atoms with E-state index in [2.05, 4.69) is 4.98 Å². The minimum atomic E-state index is -0.505. The maximum absolute atomic E-state index is 13.6. The van der Waals surface area contributed by atoms with E-state index in [9.17, 15) is 4.39 Å². The van der Waals surface area contributed by atoms with E-state index in [1.54, 1.807) is 0 Å². The number of thiazole rings is 1. The lowest BCUT2D eigenvalue weighted by Gasteiger charge is -2.06. The Labute approximate surface area is 106 Å².